The molecule has 47 nitrogen and oxygen atoms in total. The van der Waals surface area contributed by atoms with Crippen LogP contribution >= 0.6 is 46.4 Å². The summed E-state index contributed by atoms with van der Waals surface area (Å²) < 4.78 is 211. The molecular weight excluding hydrogens is 1910 g/mol. The topological polar surface area (TPSA) is 855 Å². The number of nitrogens with zero attached hydrogens (tertiary/aromatic N) is 9. The van der Waals surface area contributed by atoms with E-state index in [0.717, 1.165) is 55.0 Å². The van der Waals surface area contributed by atoms with Crippen molar-refractivity contribution in [2.45, 2.75) is 47.6 Å². The predicted molar refractivity (Wildman–Crippen MR) is 441 cm³/mol. The maximum atomic E-state index is 13.1. The van der Waals surface area contributed by atoms with Gasteiger partial charge in [-0.3, -0.25) is 37.9 Å². The summed E-state index contributed by atoms with van der Waals surface area (Å²) in [5.41, 5.74) is 57.6. The third kappa shape index (κ3) is 37.6. The van der Waals surface area contributed by atoms with E-state index in [-0.39, 0.29) is 204 Å². The minimum atomic E-state index is -4.93. The first-order chi connectivity index (χ1) is 55.8. The molecule has 2 aromatic heterocycles. The van der Waals surface area contributed by atoms with Gasteiger partial charge in [0.2, 0.25) is 98.5 Å². The second-order valence-electron chi connectivity index (χ2n) is 23.5. The van der Waals surface area contributed by atoms with Crippen molar-refractivity contribution < 1.29 is 200 Å². The first kappa shape index (κ1) is 116. The number of nitrogens with two attached hydrogens (primary N) is 11. The zero-order valence-electron chi connectivity index (χ0n) is 65.2. The summed E-state index contributed by atoms with van der Waals surface area (Å²) >= 11 is 22.0. The van der Waals surface area contributed by atoms with Gasteiger partial charge in [0.15, 0.2) is 0 Å². The molecule has 9 rings (SSSR count). The van der Waals surface area contributed by atoms with Crippen LogP contribution in [-0.2, 0) is 99.3 Å². The van der Waals surface area contributed by atoms with Gasteiger partial charge < -0.3 is 88.3 Å². The van der Waals surface area contributed by atoms with Gasteiger partial charge in [0.05, 0.1) is 63.7 Å². The third-order valence-electron chi connectivity index (χ3n) is 14.1. The Morgan fingerprint density at radius 1 is 0.376 bits per heavy atom. The number of halogens is 4. The molecule has 0 aliphatic carbocycles. The number of aromatic nitrogens is 6. The van der Waals surface area contributed by atoms with Gasteiger partial charge >= 0.3 is 88.7 Å². The second-order valence-corrected chi connectivity index (χ2v) is 36.1. The Balaban J connectivity index is 0.00000163. The molecule has 0 spiro atoms. The van der Waals surface area contributed by atoms with E-state index in [1.54, 1.807) is 0 Å². The Kier molecular flexibility index (Phi) is 47.1. The molecule has 27 N–H and O–H groups in total. The zero-order chi connectivity index (χ0) is 91.8. The Bertz CT molecular complexity index is 5760. The van der Waals surface area contributed by atoms with Gasteiger partial charge in [-0.15, -0.1) is 6.58 Å². The maximum absolute atomic E-state index is 13.1. The van der Waals surface area contributed by atoms with E-state index in [2.05, 4.69) is 54.0 Å². The molecule has 0 atom stereocenters. The van der Waals surface area contributed by atoms with Crippen molar-refractivity contribution in [1.82, 2.24) is 42.8 Å². The molecular formula is C64H71Cl4N22Na3O25S7. The molecule has 61 heteroatoms. The van der Waals surface area contributed by atoms with Crippen LogP contribution in [0.5, 0.6) is 0 Å². The van der Waals surface area contributed by atoms with Crippen molar-refractivity contribution in [2.24, 2.45) is 34.4 Å². The van der Waals surface area contributed by atoms with Gasteiger partial charge in [-0.1, -0.05) is 55.5 Å². The molecule has 0 saturated heterocycles. The quantitative estimate of drug-likeness (QED) is 0.00896. The number of nitrogens with one attached hydrogen (secondary N) is 2. The molecule has 0 saturated carbocycles. The third-order valence-corrected chi connectivity index (χ3v) is 23.7. The molecule has 660 valence electrons. The number of nitrogen functional groups attached to an aromatic ring is 5. The number of rotatable bonds is 29. The fourth-order valence-electron chi connectivity index (χ4n) is 9.22. The Hall–Kier alpha value is -8.79. The van der Waals surface area contributed by atoms with Crippen LogP contribution in [0, 0.1) is 0 Å². The normalized spacial score (nSPS) is 11.2. The number of primary amides is 6. The van der Waals surface area contributed by atoms with E-state index in [1.807, 2.05) is 6.08 Å². The van der Waals surface area contributed by atoms with E-state index in [9.17, 15) is 106 Å². The number of carbonyl (C=O) groups excluding carboxylic acids is 6. The van der Waals surface area contributed by atoms with Crippen molar-refractivity contribution in [3.8, 4) is 22.3 Å². The number of allylic oxidation sites excluding steroid dienone is 1. The smallest absolute Gasteiger partial charge is 0.870 e. The maximum Gasteiger partial charge on any atom is 1.00 e. The van der Waals surface area contributed by atoms with Gasteiger partial charge in [0.1, 0.15) is 30.0 Å². The molecule has 0 aliphatic heterocycles. The molecule has 9 aromatic rings. The number of amides is 6. The van der Waals surface area contributed by atoms with Crippen LogP contribution in [0.1, 0.15) is 13.3 Å². The van der Waals surface area contributed by atoms with E-state index in [4.69, 9.17) is 109 Å². The van der Waals surface area contributed by atoms with E-state index in [0.29, 0.717) is 12.9 Å². The first-order valence-corrected chi connectivity index (χ1v) is 43.8. The fourth-order valence-corrected chi connectivity index (χ4v) is 17.2. The van der Waals surface area contributed by atoms with E-state index < -0.39 is 165 Å². The van der Waals surface area contributed by atoms with Gasteiger partial charge in [-0.05, 0) is 156 Å². The zero-order valence-corrected chi connectivity index (χ0v) is 79.9. The minimum Gasteiger partial charge on any atom is -0.870 e. The van der Waals surface area contributed by atoms with Crippen LogP contribution in [0.4, 0.5) is 51.7 Å². The van der Waals surface area contributed by atoms with Crippen molar-refractivity contribution in [3.63, 3.8) is 0 Å². The fraction of sp³-hybridized carbons (Fsp3) is 0.125. The number of anilines is 9. The molecule has 0 bridgehead atoms. The van der Waals surface area contributed by atoms with E-state index >= 15 is 0 Å². The second kappa shape index (κ2) is 50.7. The van der Waals surface area contributed by atoms with Crippen LogP contribution in [-0.4, -0.2) is 200 Å². The molecule has 0 fully saturated rings. The van der Waals surface area contributed by atoms with Crippen molar-refractivity contribution in [1.29, 1.82) is 0 Å². The summed E-state index contributed by atoms with van der Waals surface area (Å²) in [6.07, 6.45) is 2.96. The molecule has 2 heterocycles. The monoisotopic (exact) mass is 1980 g/mol. The number of hydrogen-bond acceptors (Lipinski definition) is 36. The van der Waals surface area contributed by atoms with Crippen LogP contribution in [0.2, 0.25) is 21.1 Å². The summed E-state index contributed by atoms with van der Waals surface area (Å²) in [5, 5.41) is 5.18. The Labute approximate surface area is 800 Å². The average molecular weight is 1980 g/mol. The summed E-state index contributed by atoms with van der Waals surface area (Å²) in [4.78, 5) is 86.3. The van der Waals surface area contributed by atoms with Gasteiger partial charge in [0.25, 0.3) is 20.2 Å². The van der Waals surface area contributed by atoms with Gasteiger partial charge in [-0.2, -0.15) is 59.7 Å². The standard InChI is InChI=1S/C23H26ClN11O8S2.2C12H12N2O6S2.C10H14N4O4S.C4H8.C3Cl3N3.3Na.H2O/c24-21-31-22(29-13-3-1-5-15(7-13)44(40,41)34(9-17(25)36)10-18(26)37)33-23(32-21)30-14-4-2-6-16(8-14)45(42,43)35(11-19(27)38)12-20(28)39;2*13-7-1-3-9(11(5-7)21(15,16)17)10-4-2-8(14)6-12(10)22(18,19)20;11-7-2-1-3-8(4-7)19(17,18)14(5-9(12)15)6-10(13)16;1-3-4-2;4-1-7-2(5)9-3(6)8-1;;;;/h1-8H,9-12H2,(H2,25,36)(H2,26,37)(H2,27,38)(H2,28,39)(H2,29,30,31,32,33);2*1-6H,13-14H2,(H,15,16,17)(H,18,19,20);1-4H,5-6,11H2,(H2,12,15)(H2,13,16);3H,1,4H2,2H3;;;;;1H2/q;;;;;;3*+1;/p-3. The number of carbonyl (C=O) groups is 6. The van der Waals surface area contributed by atoms with Crippen LogP contribution < -0.4 is 162 Å². The first-order valence-electron chi connectivity index (χ1n) is 32.3. The predicted octanol–water partition coefficient (Wildman–Crippen LogP) is -8.25. The Morgan fingerprint density at radius 2 is 0.600 bits per heavy atom. The largest absolute Gasteiger partial charge is 1.00 e. The minimum absolute atomic E-state index is 0. The number of benzene rings is 7. The van der Waals surface area contributed by atoms with E-state index in [1.165, 1.54) is 97.1 Å². The van der Waals surface area contributed by atoms with Crippen LogP contribution in [0.25, 0.3) is 22.3 Å². The summed E-state index contributed by atoms with van der Waals surface area (Å²) in [6.45, 7) is 1.09. The molecule has 0 radical (unpaired) electrons. The summed E-state index contributed by atoms with van der Waals surface area (Å²) in [7, 11) is -32.1. The molecule has 0 aliphatic rings. The number of hydrogen-bond donors (Lipinski definition) is 15. The van der Waals surface area contributed by atoms with Gasteiger partial charge in [0, 0.05) is 62.1 Å². The summed E-state index contributed by atoms with van der Waals surface area (Å²) in [6, 6.07) is 29.5. The molecule has 0 unspecified atom stereocenters. The average Bonchev–Trinajstić information content (AvgIpc) is 0.803. The Morgan fingerprint density at radius 3 is 0.832 bits per heavy atom. The molecule has 125 heavy (non-hydrogen) atoms. The molecule has 6 amide bonds. The van der Waals surface area contributed by atoms with Gasteiger partial charge in [-0.25, -0.2) is 42.1 Å². The molecule has 7 aromatic carbocycles. The summed E-state index contributed by atoms with van der Waals surface area (Å²) in [5.74, 6) is -6.16. The SMILES string of the molecule is C=CCC.Clc1nc(Cl)nc(Cl)n1.NC(=O)CN(CC(N)=O)S(=O)(=O)c1cccc(N)c1.NC(=O)CN(CC(N)=O)S(=O)(=O)c1cccc(Nc2nc(Cl)nc(Nc3cccc(S(=O)(=O)N(CC(N)=O)CC(N)=O)c3)n2)c1.Nc1ccc(-c2ccc(N)cc2S(=O)(=O)O)c(S(=O)(=O)O)c1.Nc1ccc(-c2ccc(N)cc2S(=O)(=O)[O-])c(S(=O)(=O)[O-])c1.[Na+].[Na+].[Na+].[OH-]. The van der Waals surface area contributed by atoms with Crippen molar-refractivity contribution in [3.05, 3.63) is 179 Å². The van der Waals surface area contributed by atoms with Crippen molar-refractivity contribution >= 4 is 204 Å². The van der Waals surface area contributed by atoms with Crippen LogP contribution in [0.3, 0.4) is 0 Å². The number of sulfonamides is 3. The van der Waals surface area contributed by atoms with Crippen LogP contribution in [0.15, 0.2) is 193 Å². The van der Waals surface area contributed by atoms with Crippen molar-refractivity contribution in [2.75, 3.05) is 78.6 Å².